The highest BCUT2D eigenvalue weighted by Gasteiger charge is 2.34. The molecule has 2 amide bonds. The minimum atomic E-state index is -0.534. The molecule has 1 saturated heterocycles. The number of rotatable bonds is 4. The van der Waals surface area contributed by atoms with Crippen LogP contribution in [0, 0.1) is 6.92 Å². The summed E-state index contributed by atoms with van der Waals surface area (Å²) < 4.78 is 7.45. The van der Waals surface area contributed by atoms with Crippen LogP contribution in [-0.2, 0) is 16.6 Å². The molecule has 1 fully saturated rings. The van der Waals surface area contributed by atoms with Crippen LogP contribution in [0.1, 0.15) is 11.3 Å². The van der Waals surface area contributed by atoms with E-state index in [0.717, 1.165) is 5.69 Å². The van der Waals surface area contributed by atoms with Gasteiger partial charge in [0, 0.05) is 18.3 Å². The number of benzene rings is 2. The van der Waals surface area contributed by atoms with E-state index in [0.29, 0.717) is 22.7 Å². The van der Waals surface area contributed by atoms with Gasteiger partial charge in [0.1, 0.15) is 17.1 Å². The predicted octanol–water partition coefficient (Wildman–Crippen LogP) is 3.35. The average molecular weight is 418 g/mol. The van der Waals surface area contributed by atoms with Crippen LogP contribution in [0.2, 0.25) is 0 Å². The molecule has 2 heterocycles. The number of nitrogens with one attached hydrogen (secondary N) is 1. The van der Waals surface area contributed by atoms with Crippen molar-refractivity contribution in [2.75, 3.05) is 4.90 Å². The highest BCUT2D eigenvalue weighted by Crippen LogP contribution is 2.27. The number of thiocarbonyl (C=S) groups is 1. The van der Waals surface area contributed by atoms with Crippen LogP contribution >= 0.6 is 12.2 Å². The lowest BCUT2D eigenvalue weighted by atomic mass is 10.1. The topological polar surface area (TPSA) is 76.5 Å². The van der Waals surface area contributed by atoms with Crippen LogP contribution in [0.4, 0.5) is 5.69 Å². The molecule has 3 aromatic rings. The first-order valence-electron chi connectivity index (χ1n) is 9.17. The number of aryl methyl sites for hydroxylation is 1. The van der Waals surface area contributed by atoms with Crippen LogP contribution in [0.3, 0.4) is 0 Å². The second kappa shape index (κ2) is 7.92. The summed E-state index contributed by atoms with van der Waals surface area (Å²) in [6.45, 7) is 1.86. The predicted molar refractivity (Wildman–Crippen MR) is 117 cm³/mol. The Bertz CT molecular complexity index is 1170. The summed E-state index contributed by atoms with van der Waals surface area (Å²) >= 11 is 5.25. The quantitative estimate of drug-likeness (QED) is 0.400. The third-order valence-corrected chi connectivity index (χ3v) is 5.03. The number of ether oxygens (including phenoxy) is 1. The Labute approximate surface area is 178 Å². The molecular weight excluding hydrogens is 400 g/mol. The van der Waals surface area contributed by atoms with E-state index in [9.17, 15) is 9.59 Å². The summed E-state index contributed by atoms with van der Waals surface area (Å²) in [5.41, 5.74) is 2.05. The Kier molecular flexibility index (Phi) is 5.16. The van der Waals surface area contributed by atoms with Gasteiger partial charge in [-0.2, -0.15) is 5.10 Å². The van der Waals surface area contributed by atoms with Gasteiger partial charge >= 0.3 is 0 Å². The van der Waals surface area contributed by atoms with Crippen LogP contribution < -0.4 is 15.0 Å². The summed E-state index contributed by atoms with van der Waals surface area (Å²) in [5, 5.41) is 6.75. The van der Waals surface area contributed by atoms with Crippen molar-refractivity contribution >= 4 is 40.9 Å². The molecular formula is C22H18N4O3S. The Balaban J connectivity index is 1.61. The van der Waals surface area contributed by atoms with E-state index < -0.39 is 11.8 Å². The van der Waals surface area contributed by atoms with Crippen LogP contribution in [0.25, 0.3) is 6.08 Å². The molecule has 7 nitrogen and oxygen atoms in total. The van der Waals surface area contributed by atoms with Crippen molar-refractivity contribution < 1.29 is 14.3 Å². The number of aromatic nitrogens is 2. The largest absolute Gasteiger partial charge is 0.457 e. The van der Waals surface area contributed by atoms with Crippen LogP contribution in [0.15, 0.2) is 66.4 Å². The monoisotopic (exact) mass is 418 g/mol. The number of nitrogens with zero attached hydrogens (tertiary/aromatic N) is 3. The molecule has 0 saturated carbocycles. The second-order valence-electron chi connectivity index (χ2n) is 6.68. The Hall–Kier alpha value is -3.78. The summed E-state index contributed by atoms with van der Waals surface area (Å²) in [7, 11) is 1.79. The highest BCUT2D eigenvalue weighted by molar-refractivity contribution is 7.80. The molecule has 150 valence electrons. The van der Waals surface area contributed by atoms with Crippen molar-refractivity contribution in [1.82, 2.24) is 15.1 Å². The lowest BCUT2D eigenvalue weighted by Gasteiger charge is -2.29. The molecule has 4 rings (SSSR count). The number of amides is 2. The van der Waals surface area contributed by atoms with Gasteiger partial charge in [0.2, 0.25) is 0 Å². The average Bonchev–Trinajstić information content (AvgIpc) is 3.05. The van der Waals surface area contributed by atoms with E-state index in [-0.39, 0.29) is 10.7 Å². The fourth-order valence-corrected chi connectivity index (χ4v) is 3.27. The minimum Gasteiger partial charge on any atom is -0.457 e. The molecule has 1 aromatic heterocycles. The summed E-state index contributed by atoms with van der Waals surface area (Å²) in [6, 6.07) is 16.3. The molecule has 0 aliphatic carbocycles. The second-order valence-corrected chi connectivity index (χ2v) is 7.06. The van der Waals surface area contributed by atoms with Gasteiger partial charge in [0.05, 0.1) is 11.9 Å². The van der Waals surface area contributed by atoms with Crippen molar-refractivity contribution in [2.24, 2.45) is 7.05 Å². The maximum absolute atomic E-state index is 13.1. The van der Waals surface area contributed by atoms with Gasteiger partial charge in [-0.1, -0.05) is 18.2 Å². The molecule has 2 aromatic carbocycles. The van der Waals surface area contributed by atoms with Gasteiger partial charge in [0.15, 0.2) is 5.11 Å². The highest BCUT2D eigenvalue weighted by atomic mass is 32.1. The van der Waals surface area contributed by atoms with E-state index in [1.165, 1.54) is 11.0 Å². The molecule has 0 atom stereocenters. The van der Waals surface area contributed by atoms with Crippen molar-refractivity contribution in [3.05, 3.63) is 77.6 Å². The first-order chi connectivity index (χ1) is 14.4. The first kappa shape index (κ1) is 19.5. The molecule has 0 unspecified atom stereocenters. The number of para-hydroxylation sites is 1. The van der Waals surface area contributed by atoms with Gasteiger partial charge in [-0.15, -0.1) is 0 Å². The molecule has 30 heavy (non-hydrogen) atoms. The van der Waals surface area contributed by atoms with Crippen molar-refractivity contribution in [3.8, 4) is 11.5 Å². The van der Waals surface area contributed by atoms with Crippen LogP contribution in [0.5, 0.6) is 11.5 Å². The Morgan fingerprint density at radius 1 is 1.03 bits per heavy atom. The van der Waals surface area contributed by atoms with E-state index in [2.05, 4.69) is 10.4 Å². The maximum Gasteiger partial charge on any atom is 0.270 e. The number of anilines is 1. The van der Waals surface area contributed by atoms with E-state index in [1.54, 1.807) is 42.2 Å². The fraction of sp³-hybridized carbons (Fsp3) is 0.0909. The third-order valence-electron chi connectivity index (χ3n) is 4.75. The van der Waals surface area contributed by atoms with Crippen molar-refractivity contribution in [3.63, 3.8) is 0 Å². The normalized spacial score (nSPS) is 15.5. The van der Waals surface area contributed by atoms with Gasteiger partial charge in [0.25, 0.3) is 11.8 Å². The van der Waals surface area contributed by atoms with Gasteiger partial charge in [-0.05, 0) is 61.6 Å². The molecule has 8 heteroatoms. The molecule has 1 N–H and O–H groups in total. The number of hydrogen-bond acceptors (Lipinski definition) is 5. The van der Waals surface area contributed by atoms with Crippen molar-refractivity contribution in [1.29, 1.82) is 0 Å². The van der Waals surface area contributed by atoms with E-state index >= 15 is 0 Å². The van der Waals surface area contributed by atoms with Gasteiger partial charge in [-0.25, -0.2) is 0 Å². The smallest absolute Gasteiger partial charge is 0.270 e. The molecule has 1 aliphatic rings. The molecule has 1 aliphatic heterocycles. The van der Waals surface area contributed by atoms with E-state index in [1.807, 2.05) is 37.3 Å². The van der Waals surface area contributed by atoms with Gasteiger partial charge < -0.3 is 4.74 Å². The summed E-state index contributed by atoms with van der Waals surface area (Å²) in [6.07, 6.45) is 3.14. The van der Waals surface area contributed by atoms with Crippen molar-refractivity contribution in [2.45, 2.75) is 6.92 Å². The number of hydrogen-bond donors (Lipinski definition) is 1. The summed E-state index contributed by atoms with van der Waals surface area (Å²) in [4.78, 5) is 26.8. The number of carbonyl (C=O) groups excluding carboxylic acids is 2. The number of carbonyl (C=O) groups is 2. The van der Waals surface area contributed by atoms with E-state index in [4.69, 9.17) is 17.0 Å². The Morgan fingerprint density at radius 3 is 2.33 bits per heavy atom. The van der Waals surface area contributed by atoms with Gasteiger partial charge in [-0.3, -0.25) is 24.5 Å². The third kappa shape index (κ3) is 3.72. The summed E-state index contributed by atoms with van der Waals surface area (Å²) in [5.74, 6) is 0.294. The zero-order valence-corrected chi connectivity index (χ0v) is 17.1. The maximum atomic E-state index is 13.1. The molecule has 0 spiro atoms. The zero-order valence-electron chi connectivity index (χ0n) is 16.3. The molecule has 0 bridgehead atoms. The lowest BCUT2D eigenvalue weighted by Crippen LogP contribution is -2.54. The zero-order chi connectivity index (χ0) is 21.3. The lowest BCUT2D eigenvalue weighted by molar-refractivity contribution is -0.122. The van der Waals surface area contributed by atoms with Crippen LogP contribution in [-0.4, -0.2) is 26.7 Å². The SMILES string of the molecule is Cc1c(C=C2C(=O)NC(=S)N(c3ccc(Oc4ccccc4)cc3)C2=O)cnn1C. The minimum absolute atomic E-state index is 0.00990. The Morgan fingerprint density at radius 2 is 1.70 bits per heavy atom. The fourth-order valence-electron chi connectivity index (χ4n) is 2.99. The first-order valence-corrected chi connectivity index (χ1v) is 9.58. The standard InChI is InChI=1S/C22H18N4O3S/c1-14-15(13-23-25(14)2)12-19-20(27)24-22(30)26(21(19)28)16-8-10-18(11-9-16)29-17-6-4-3-5-7-17/h3-13H,1-2H3,(H,24,27,30). The molecule has 0 radical (unpaired) electrons.